The maximum atomic E-state index is 13.1. The first-order valence-corrected chi connectivity index (χ1v) is 4.06. The number of halogens is 1. The minimum absolute atomic E-state index is 0.316. The molecular formula is C11H9FO. The van der Waals surface area contributed by atoms with E-state index >= 15 is 0 Å². The molecule has 0 N–H and O–H groups in total. The van der Waals surface area contributed by atoms with E-state index < -0.39 is 6.17 Å². The first-order valence-electron chi connectivity index (χ1n) is 4.06. The number of rotatable bonds is 2. The molecule has 0 fully saturated rings. The minimum atomic E-state index is -1.22. The van der Waals surface area contributed by atoms with Crippen LogP contribution in [0.15, 0.2) is 47.4 Å². The molecule has 1 atom stereocenters. The van der Waals surface area contributed by atoms with Gasteiger partial charge in [0.1, 0.15) is 11.3 Å². The van der Waals surface area contributed by atoms with Gasteiger partial charge < -0.3 is 4.42 Å². The molecule has 1 heterocycles. The third-order valence-electron chi connectivity index (χ3n) is 1.92. The van der Waals surface area contributed by atoms with E-state index in [1.165, 1.54) is 6.08 Å². The van der Waals surface area contributed by atoms with E-state index in [2.05, 4.69) is 6.58 Å². The van der Waals surface area contributed by atoms with Gasteiger partial charge >= 0.3 is 0 Å². The second-order valence-corrected chi connectivity index (χ2v) is 2.82. The smallest absolute Gasteiger partial charge is 0.175 e. The summed E-state index contributed by atoms with van der Waals surface area (Å²) in [6, 6.07) is 9.15. The highest BCUT2D eigenvalue weighted by atomic mass is 19.1. The number of fused-ring (bicyclic) bond motifs is 1. The highest BCUT2D eigenvalue weighted by molar-refractivity contribution is 5.77. The van der Waals surface area contributed by atoms with Crippen LogP contribution in [0.4, 0.5) is 4.39 Å². The molecule has 66 valence electrons. The third kappa shape index (κ3) is 1.35. The van der Waals surface area contributed by atoms with Gasteiger partial charge in [-0.05, 0) is 12.1 Å². The predicted molar refractivity (Wildman–Crippen MR) is 50.3 cm³/mol. The standard InChI is InChI=1S/C11H9FO/c1-2-9(12)11-7-8-5-3-4-6-10(8)13-11/h2-7,9H,1H2. The average molecular weight is 176 g/mol. The van der Waals surface area contributed by atoms with Gasteiger partial charge in [-0.3, -0.25) is 0 Å². The summed E-state index contributed by atoms with van der Waals surface area (Å²) in [4.78, 5) is 0. The van der Waals surface area contributed by atoms with Crippen molar-refractivity contribution in [2.45, 2.75) is 6.17 Å². The molecule has 0 radical (unpaired) electrons. The van der Waals surface area contributed by atoms with E-state index in [0.717, 1.165) is 5.39 Å². The lowest BCUT2D eigenvalue weighted by Gasteiger charge is -1.93. The number of hydrogen-bond acceptors (Lipinski definition) is 1. The van der Waals surface area contributed by atoms with Gasteiger partial charge in [-0.25, -0.2) is 4.39 Å². The van der Waals surface area contributed by atoms with Crippen LogP contribution in [-0.4, -0.2) is 0 Å². The van der Waals surface area contributed by atoms with Crippen LogP contribution >= 0.6 is 0 Å². The molecule has 1 aromatic carbocycles. The van der Waals surface area contributed by atoms with E-state index in [1.54, 1.807) is 6.07 Å². The summed E-state index contributed by atoms with van der Waals surface area (Å²) in [7, 11) is 0. The zero-order chi connectivity index (χ0) is 9.26. The summed E-state index contributed by atoms with van der Waals surface area (Å²) in [5.74, 6) is 0.316. The fraction of sp³-hybridized carbons (Fsp3) is 0.0909. The van der Waals surface area contributed by atoms with Crippen LogP contribution in [0.5, 0.6) is 0 Å². The molecule has 0 saturated carbocycles. The molecule has 1 aromatic heterocycles. The van der Waals surface area contributed by atoms with Gasteiger partial charge in [-0.15, -0.1) is 0 Å². The highest BCUT2D eigenvalue weighted by Gasteiger charge is 2.10. The number of alkyl halides is 1. The van der Waals surface area contributed by atoms with Gasteiger partial charge in [-0.2, -0.15) is 0 Å². The lowest BCUT2D eigenvalue weighted by atomic mass is 10.2. The van der Waals surface area contributed by atoms with Crippen molar-refractivity contribution in [1.29, 1.82) is 0 Å². The number of benzene rings is 1. The summed E-state index contributed by atoms with van der Waals surface area (Å²) >= 11 is 0. The Bertz CT molecular complexity index is 397. The second-order valence-electron chi connectivity index (χ2n) is 2.82. The Balaban J connectivity index is 2.55. The predicted octanol–water partition coefficient (Wildman–Crippen LogP) is 3.63. The molecule has 2 rings (SSSR count). The first-order chi connectivity index (χ1) is 6.31. The average Bonchev–Trinajstić information content (AvgIpc) is 2.59. The van der Waals surface area contributed by atoms with Crippen molar-refractivity contribution in [2.24, 2.45) is 0 Å². The third-order valence-corrected chi connectivity index (χ3v) is 1.92. The summed E-state index contributed by atoms with van der Waals surface area (Å²) < 4.78 is 18.4. The SMILES string of the molecule is C=CC(F)c1cc2ccccc2o1. The summed E-state index contributed by atoms with van der Waals surface area (Å²) in [5.41, 5.74) is 0.710. The fourth-order valence-corrected chi connectivity index (χ4v) is 1.25. The molecule has 1 unspecified atom stereocenters. The number of furan rings is 1. The molecule has 13 heavy (non-hydrogen) atoms. The lowest BCUT2D eigenvalue weighted by molar-refractivity contribution is 0.351. The quantitative estimate of drug-likeness (QED) is 0.637. The Morgan fingerprint density at radius 2 is 2.15 bits per heavy atom. The zero-order valence-corrected chi connectivity index (χ0v) is 7.03. The lowest BCUT2D eigenvalue weighted by Crippen LogP contribution is -1.80. The van der Waals surface area contributed by atoms with Crippen LogP contribution in [-0.2, 0) is 0 Å². The zero-order valence-electron chi connectivity index (χ0n) is 7.03. The molecule has 0 amide bonds. The highest BCUT2D eigenvalue weighted by Crippen LogP contribution is 2.26. The van der Waals surface area contributed by atoms with Gasteiger partial charge in [0, 0.05) is 5.39 Å². The molecule has 0 saturated heterocycles. The Morgan fingerprint density at radius 3 is 2.85 bits per heavy atom. The normalized spacial score (nSPS) is 13.0. The monoisotopic (exact) mass is 176 g/mol. The van der Waals surface area contributed by atoms with Crippen molar-refractivity contribution >= 4 is 11.0 Å². The van der Waals surface area contributed by atoms with E-state index in [1.807, 2.05) is 24.3 Å². The topological polar surface area (TPSA) is 13.1 Å². The van der Waals surface area contributed by atoms with Crippen LogP contribution in [0.25, 0.3) is 11.0 Å². The Labute approximate surface area is 75.5 Å². The molecule has 1 nitrogen and oxygen atoms in total. The van der Waals surface area contributed by atoms with Crippen molar-refractivity contribution in [3.05, 3.63) is 48.7 Å². The molecule has 0 aliphatic heterocycles. The molecule has 0 bridgehead atoms. The fourth-order valence-electron chi connectivity index (χ4n) is 1.25. The molecule has 2 heteroatoms. The molecule has 2 aromatic rings. The van der Waals surface area contributed by atoms with E-state index in [4.69, 9.17) is 4.42 Å². The van der Waals surface area contributed by atoms with Crippen molar-refractivity contribution in [2.75, 3.05) is 0 Å². The van der Waals surface area contributed by atoms with Crippen LogP contribution < -0.4 is 0 Å². The molecular weight excluding hydrogens is 167 g/mol. The maximum absolute atomic E-state index is 13.1. The molecule has 0 aliphatic rings. The number of para-hydroxylation sites is 1. The van der Waals surface area contributed by atoms with Crippen LogP contribution in [0.1, 0.15) is 11.9 Å². The summed E-state index contributed by atoms with van der Waals surface area (Å²) in [5, 5.41) is 0.919. The number of allylic oxidation sites excluding steroid dienone is 1. The molecule has 0 aliphatic carbocycles. The minimum Gasteiger partial charge on any atom is -0.458 e. The van der Waals surface area contributed by atoms with Gasteiger partial charge in [-0.1, -0.05) is 30.9 Å². The Hall–Kier alpha value is -1.57. The first kappa shape index (κ1) is 8.05. The largest absolute Gasteiger partial charge is 0.458 e. The van der Waals surface area contributed by atoms with Crippen LogP contribution in [0.2, 0.25) is 0 Å². The van der Waals surface area contributed by atoms with E-state index in [0.29, 0.717) is 11.3 Å². The van der Waals surface area contributed by atoms with Gasteiger partial charge in [0.2, 0.25) is 0 Å². The maximum Gasteiger partial charge on any atom is 0.175 e. The summed E-state index contributed by atoms with van der Waals surface area (Å²) in [6.45, 7) is 3.37. The van der Waals surface area contributed by atoms with E-state index in [9.17, 15) is 4.39 Å². The van der Waals surface area contributed by atoms with Gasteiger partial charge in [0.05, 0.1) is 0 Å². The van der Waals surface area contributed by atoms with Crippen LogP contribution in [0.3, 0.4) is 0 Å². The van der Waals surface area contributed by atoms with Gasteiger partial charge in [0.15, 0.2) is 6.17 Å². The Morgan fingerprint density at radius 1 is 1.38 bits per heavy atom. The van der Waals surface area contributed by atoms with Gasteiger partial charge in [0.25, 0.3) is 0 Å². The Kier molecular flexibility index (Phi) is 1.89. The number of hydrogen-bond donors (Lipinski definition) is 0. The summed E-state index contributed by atoms with van der Waals surface area (Å²) in [6.07, 6.45) is 0.00458. The van der Waals surface area contributed by atoms with Crippen molar-refractivity contribution < 1.29 is 8.81 Å². The van der Waals surface area contributed by atoms with Crippen molar-refractivity contribution in [3.8, 4) is 0 Å². The van der Waals surface area contributed by atoms with E-state index in [-0.39, 0.29) is 0 Å². The van der Waals surface area contributed by atoms with Crippen molar-refractivity contribution in [3.63, 3.8) is 0 Å². The second kappa shape index (κ2) is 3.05. The van der Waals surface area contributed by atoms with Crippen LogP contribution in [0, 0.1) is 0 Å². The molecule has 0 spiro atoms. The van der Waals surface area contributed by atoms with Crippen molar-refractivity contribution in [1.82, 2.24) is 0 Å².